The van der Waals surface area contributed by atoms with Gasteiger partial charge < -0.3 is 4.74 Å². The molecule has 4 aromatic carbocycles. The van der Waals surface area contributed by atoms with Gasteiger partial charge in [0.15, 0.2) is 0 Å². The van der Waals surface area contributed by atoms with Gasteiger partial charge >= 0.3 is 5.97 Å². The van der Waals surface area contributed by atoms with Crippen LogP contribution in [0.25, 0.3) is 0 Å². The normalized spacial score (nSPS) is 11.3. The van der Waals surface area contributed by atoms with Gasteiger partial charge in [0.05, 0.1) is 16.1 Å². The summed E-state index contributed by atoms with van der Waals surface area (Å²) >= 11 is 11.8. The van der Waals surface area contributed by atoms with E-state index in [9.17, 15) is 18.0 Å². The molecule has 194 valence electrons. The van der Waals surface area contributed by atoms with Crippen molar-refractivity contribution in [2.24, 2.45) is 0 Å². The minimum Gasteiger partial charge on any atom is -0.423 e. The Hall–Kier alpha value is -3.65. The second-order valence-electron chi connectivity index (χ2n) is 8.70. The maximum atomic E-state index is 13.8. The fourth-order valence-corrected chi connectivity index (χ4v) is 5.27. The third kappa shape index (κ3) is 6.07. The molecule has 9 heteroatoms. The molecular formula is C29H23Cl2NO5S. The van der Waals surface area contributed by atoms with Gasteiger partial charge in [-0.1, -0.05) is 49.2 Å². The Bertz CT molecular complexity index is 1550. The Labute approximate surface area is 231 Å². The number of rotatable bonds is 7. The fraction of sp³-hybridized carbons (Fsp3) is 0.103. The fourth-order valence-electron chi connectivity index (χ4n) is 3.61. The summed E-state index contributed by atoms with van der Waals surface area (Å²) in [5.41, 5.74) is 1.47. The number of benzene rings is 4. The second-order valence-corrected chi connectivity index (χ2v) is 11.4. The van der Waals surface area contributed by atoms with Crippen LogP contribution >= 0.6 is 23.2 Å². The highest BCUT2D eigenvalue weighted by atomic mass is 35.5. The highest BCUT2D eigenvalue weighted by Crippen LogP contribution is 2.29. The molecule has 0 saturated heterocycles. The molecule has 0 aliphatic rings. The van der Waals surface area contributed by atoms with E-state index in [1.54, 1.807) is 24.3 Å². The summed E-state index contributed by atoms with van der Waals surface area (Å²) in [7, 11) is -4.31. The number of hydrogen-bond donors (Lipinski definition) is 0. The SMILES string of the molecule is CC(C)c1ccc(S(=O)(=O)N(C(=O)c2ccc(Cl)cc2)c2ccc(OC(=O)c3ccc(Cl)cc3)cc2)cc1. The number of carbonyl (C=O) groups is 2. The van der Waals surface area contributed by atoms with Crippen molar-refractivity contribution in [3.8, 4) is 5.75 Å². The molecule has 4 aromatic rings. The molecule has 0 aromatic heterocycles. The lowest BCUT2D eigenvalue weighted by Gasteiger charge is -2.23. The molecular weight excluding hydrogens is 545 g/mol. The van der Waals surface area contributed by atoms with Crippen molar-refractivity contribution in [1.29, 1.82) is 0 Å². The first kappa shape index (κ1) is 27.4. The number of ether oxygens (including phenoxy) is 1. The number of nitrogens with zero attached hydrogens (tertiary/aromatic N) is 1. The average molecular weight is 568 g/mol. The van der Waals surface area contributed by atoms with E-state index in [2.05, 4.69) is 0 Å². The molecule has 0 heterocycles. The van der Waals surface area contributed by atoms with Crippen LogP contribution in [0.5, 0.6) is 5.75 Å². The molecule has 0 saturated carbocycles. The maximum absolute atomic E-state index is 13.8. The van der Waals surface area contributed by atoms with E-state index in [-0.39, 0.29) is 27.8 Å². The van der Waals surface area contributed by atoms with Gasteiger partial charge in [0.25, 0.3) is 15.9 Å². The summed E-state index contributed by atoms with van der Waals surface area (Å²) in [4.78, 5) is 25.9. The van der Waals surface area contributed by atoms with Gasteiger partial charge in [0.1, 0.15) is 5.75 Å². The average Bonchev–Trinajstić information content (AvgIpc) is 2.90. The Morgan fingerprint density at radius 2 is 1.21 bits per heavy atom. The minimum absolute atomic E-state index is 0.0394. The maximum Gasteiger partial charge on any atom is 0.343 e. The zero-order valence-electron chi connectivity index (χ0n) is 20.5. The van der Waals surface area contributed by atoms with Crippen LogP contribution in [0.1, 0.15) is 46.0 Å². The Morgan fingerprint density at radius 1 is 0.711 bits per heavy atom. The van der Waals surface area contributed by atoms with Crippen LogP contribution in [0.2, 0.25) is 10.0 Å². The minimum atomic E-state index is -4.31. The summed E-state index contributed by atoms with van der Waals surface area (Å²) in [6.07, 6.45) is 0. The number of amides is 1. The van der Waals surface area contributed by atoms with Crippen molar-refractivity contribution < 1.29 is 22.7 Å². The first-order valence-electron chi connectivity index (χ1n) is 11.6. The van der Waals surface area contributed by atoms with E-state index < -0.39 is 21.9 Å². The summed E-state index contributed by atoms with van der Waals surface area (Å²) < 4.78 is 33.6. The molecule has 0 unspecified atom stereocenters. The monoisotopic (exact) mass is 567 g/mol. The Balaban J connectivity index is 1.69. The molecule has 0 fully saturated rings. The standard InChI is InChI=1S/C29H23Cl2NO5S/c1-19(2)20-7-17-27(18-8-20)38(35,36)32(28(33)21-3-9-23(30)10-4-21)25-13-15-26(16-14-25)37-29(34)22-5-11-24(31)12-6-22/h3-19H,1-2H3. The van der Waals surface area contributed by atoms with Crippen LogP contribution in [-0.4, -0.2) is 20.3 Å². The predicted molar refractivity (Wildman–Crippen MR) is 149 cm³/mol. The molecule has 0 aliphatic carbocycles. The van der Waals surface area contributed by atoms with Crippen LogP contribution in [0.3, 0.4) is 0 Å². The summed E-state index contributed by atoms with van der Waals surface area (Å²) in [5.74, 6) is -0.991. The quantitative estimate of drug-likeness (QED) is 0.172. The van der Waals surface area contributed by atoms with Crippen molar-refractivity contribution >= 4 is 50.8 Å². The van der Waals surface area contributed by atoms with E-state index in [1.165, 1.54) is 72.8 Å². The first-order valence-corrected chi connectivity index (χ1v) is 13.8. The van der Waals surface area contributed by atoms with Gasteiger partial charge in [0, 0.05) is 15.6 Å². The molecule has 0 spiro atoms. The topological polar surface area (TPSA) is 80.8 Å². The first-order chi connectivity index (χ1) is 18.1. The van der Waals surface area contributed by atoms with E-state index in [1.807, 2.05) is 13.8 Å². The molecule has 0 aliphatic heterocycles. The number of anilines is 1. The Kier molecular flexibility index (Phi) is 8.21. The lowest BCUT2D eigenvalue weighted by molar-refractivity contribution is 0.0734. The lowest BCUT2D eigenvalue weighted by Crippen LogP contribution is -2.37. The van der Waals surface area contributed by atoms with Crippen LogP contribution in [0.4, 0.5) is 5.69 Å². The van der Waals surface area contributed by atoms with Gasteiger partial charge in [-0.3, -0.25) is 4.79 Å². The summed E-state index contributed by atoms with van der Waals surface area (Å²) in [5, 5.41) is 0.892. The van der Waals surface area contributed by atoms with Crippen LogP contribution < -0.4 is 9.04 Å². The van der Waals surface area contributed by atoms with Gasteiger partial charge in [-0.05, 0) is 96.4 Å². The van der Waals surface area contributed by atoms with E-state index in [0.717, 1.165) is 9.87 Å². The molecule has 38 heavy (non-hydrogen) atoms. The summed E-state index contributed by atoms with van der Waals surface area (Å²) in [6.45, 7) is 4.00. The van der Waals surface area contributed by atoms with Crippen molar-refractivity contribution in [1.82, 2.24) is 0 Å². The molecule has 4 rings (SSSR count). The van der Waals surface area contributed by atoms with Crippen molar-refractivity contribution in [2.45, 2.75) is 24.7 Å². The van der Waals surface area contributed by atoms with Crippen LogP contribution in [0.15, 0.2) is 102 Å². The lowest BCUT2D eigenvalue weighted by atomic mass is 10.0. The smallest absolute Gasteiger partial charge is 0.343 e. The molecule has 0 atom stereocenters. The van der Waals surface area contributed by atoms with Crippen LogP contribution in [0, 0.1) is 0 Å². The number of hydrogen-bond acceptors (Lipinski definition) is 5. The number of halogens is 2. The number of esters is 1. The summed E-state index contributed by atoms with van der Waals surface area (Å²) in [6, 6.07) is 24.2. The Morgan fingerprint density at radius 3 is 1.71 bits per heavy atom. The van der Waals surface area contributed by atoms with Gasteiger partial charge in [-0.25, -0.2) is 13.2 Å². The molecule has 0 N–H and O–H groups in total. The molecule has 0 radical (unpaired) electrons. The number of carbonyl (C=O) groups excluding carboxylic acids is 2. The zero-order chi connectivity index (χ0) is 27.4. The van der Waals surface area contributed by atoms with E-state index in [0.29, 0.717) is 15.6 Å². The highest BCUT2D eigenvalue weighted by molar-refractivity contribution is 7.93. The van der Waals surface area contributed by atoms with E-state index in [4.69, 9.17) is 27.9 Å². The largest absolute Gasteiger partial charge is 0.423 e. The van der Waals surface area contributed by atoms with Crippen molar-refractivity contribution in [3.63, 3.8) is 0 Å². The third-order valence-electron chi connectivity index (χ3n) is 5.72. The van der Waals surface area contributed by atoms with Crippen molar-refractivity contribution in [3.05, 3.63) is 124 Å². The molecule has 6 nitrogen and oxygen atoms in total. The highest BCUT2D eigenvalue weighted by Gasteiger charge is 2.32. The van der Waals surface area contributed by atoms with Crippen molar-refractivity contribution in [2.75, 3.05) is 4.31 Å². The van der Waals surface area contributed by atoms with Gasteiger partial charge in [0.2, 0.25) is 0 Å². The predicted octanol–water partition coefficient (Wildman–Crippen LogP) is 7.37. The number of sulfonamides is 1. The third-order valence-corrected chi connectivity index (χ3v) is 7.95. The van der Waals surface area contributed by atoms with Gasteiger partial charge in [-0.15, -0.1) is 0 Å². The second kappa shape index (κ2) is 11.4. The van der Waals surface area contributed by atoms with Crippen LogP contribution in [-0.2, 0) is 10.0 Å². The molecule has 1 amide bonds. The van der Waals surface area contributed by atoms with Gasteiger partial charge in [-0.2, -0.15) is 4.31 Å². The molecule has 0 bridgehead atoms. The van der Waals surface area contributed by atoms with E-state index >= 15 is 0 Å². The zero-order valence-corrected chi connectivity index (χ0v) is 22.8.